The molecule has 1 aliphatic rings. The molecule has 1 heterocycles. The Balaban J connectivity index is 1.67. The summed E-state index contributed by atoms with van der Waals surface area (Å²) in [6, 6.07) is 10.00. The molecule has 2 aromatic rings. The van der Waals surface area contributed by atoms with Crippen molar-refractivity contribution in [1.29, 1.82) is 0 Å². The maximum atomic E-state index is 13.0. The van der Waals surface area contributed by atoms with Crippen LogP contribution in [0.1, 0.15) is 25.0 Å². The van der Waals surface area contributed by atoms with Gasteiger partial charge in [0.25, 0.3) is 0 Å². The van der Waals surface area contributed by atoms with Crippen LogP contribution < -0.4 is 24.8 Å². The van der Waals surface area contributed by atoms with E-state index in [0.717, 1.165) is 11.1 Å². The highest BCUT2D eigenvalue weighted by atomic mass is 16.5. The van der Waals surface area contributed by atoms with E-state index < -0.39 is 6.04 Å². The van der Waals surface area contributed by atoms with Crippen LogP contribution in [0.25, 0.3) is 0 Å². The van der Waals surface area contributed by atoms with E-state index in [2.05, 4.69) is 10.6 Å². The van der Waals surface area contributed by atoms with E-state index in [9.17, 15) is 9.59 Å². The van der Waals surface area contributed by atoms with Crippen molar-refractivity contribution in [2.45, 2.75) is 32.9 Å². The molecule has 0 aliphatic carbocycles. The number of nitrogens with one attached hydrogen (secondary N) is 2. The van der Waals surface area contributed by atoms with Gasteiger partial charge in [0.2, 0.25) is 5.91 Å². The second kappa shape index (κ2) is 10.3. The Bertz CT molecular complexity index is 959. The zero-order chi connectivity index (χ0) is 23.3. The van der Waals surface area contributed by atoms with Gasteiger partial charge in [-0.2, -0.15) is 0 Å². The molecular weight excluding hydrogens is 410 g/mol. The standard InChI is InChI=1S/C24H31N3O5/c1-15(2)22(23(28)25-18-6-8-19(30-3)9-7-18)26-24(29)27-11-10-16-12-20(31-4)21(32-5)13-17(16)14-27/h6-9,12-13,15,22H,10-11,14H2,1-5H3,(H,25,28)(H,26,29)/t22-/m0/s1. The lowest BCUT2D eigenvalue weighted by Crippen LogP contribution is -2.52. The molecule has 2 N–H and O–H groups in total. The van der Waals surface area contributed by atoms with Crippen molar-refractivity contribution < 1.29 is 23.8 Å². The summed E-state index contributed by atoms with van der Waals surface area (Å²) >= 11 is 0. The van der Waals surface area contributed by atoms with E-state index in [1.54, 1.807) is 50.5 Å². The minimum Gasteiger partial charge on any atom is -0.497 e. The Morgan fingerprint density at radius 2 is 1.56 bits per heavy atom. The van der Waals surface area contributed by atoms with Gasteiger partial charge in [0, 0.05) is 18.8 Å². The van der Waals surface area contributed by atoms with Gasteiger partial charge in [-0.1, -0.05) is 13.8 Å². The highest BCUT2D eigenvalue weighted by Crippen LogP contribution is 2.33. The summed E-state index contributed by atoms with van der Waals surface area (Å²) in [4.78, 5) is 27.6. The first-order chi connectivity index (χ1) is 15.4. The lowest BCUT2D eigenvalue weighted by molar-refractivity contribution is -0.118. The van der Waals surface area contributed by atoms with Gasteiger partial charge in [0.15, 0.2) is 11.5 Å². The van der Waals surface area contributed by atoms with E-state index in [1.165, 1.54) is 0 Å². The largest absolute Gasteiger partial charge is 0.497 e. The van der Waals surface area contributed by atoms with Gasteiger partial charge in [-0.05, 0) is 59.9 Å². The lowest BCUT2D eigenvalue weighted by Gasteiger charge is -2.32. The molecule has 32 heavy (non-hydrogen) atoms. The number of rotatable bonds is 7. The molecule has 8 nitrogen and oxygen atoms in total. The highest BCUT2D eigenvalue weighted by Gasteiger charge is 2.29. The smallest absolute Gasteiger partial charge is 0.318 e. The number of hydrogen-bond acceptors (Lipinski definition) is 5. The maximum Gasteiger partial charge on any atom is 0.318 e. The van der Waals surface area contributed by atoms with Crippen LogP contribution in [-0.2, 0) is 17.8 Å². The van der Waals surface area contributed by atoms with E-state index in [0.29, 0.717) is 42.4 Å². The SMILES string of the molecule is COc1ccc(NC(=O)[C@@H](NC(=O)N2CCc3cc(OC)c(OC)cc3C2)C(C)C)cc1. The fourth-order valence-electron chi connectivity index (χ4n) is 3.71. The number of fused-ring (bicyclic) bond motifs is 1. The average Bonchev–Trinajstić information content (AvgIpc) is 2.81. The van der Waals surface area contributed by atoms with Gasteiger partial charge in [0.05, 0.1) is 21.3 Å². The van der Waals surface area contributed by atoms with Crippen LogP contribution in [0.3, 0.4) is 0 Å². The normalized spacial score (nSPS) is 13.8. The maximum absolute atomic E-state index is 13.0. The first kappa shape index (κ1) is 23.2. The summed E-state index contributed by atoms with van der Waals surface area (Å²) in [5.74, 6) is 1.67. The van der Waals surface area contributed by atoms with Gasteiger partial charge in [0.1, 0.15) is 11.8 Å². The summed E-state index contributed by atoms with van der Waals surface area (Å²) < 4.78 is 15.9. The number of urea groups is 1. The third-order valence-corrected chi connectivity index (χ3v) is 5.59. The van der Waals surface area contributed by atoms with Gasteiger partial charge >= 0.3 is 6.03 Å². The summed E-state index contributed by atoms with van der Waals surface area (Å²) in [5.41, 5.74) is 2.78. The van der Waals surface area contributed by atoms with Gasteiger partial charge in [-0.3, -0.25) is 4.79 Å². The zero-order valence-electron chi connectivity index (χ0n) is 19.2. The molecule has 0 unspecified atom stereocenters. The Morgan fingerprint density at radius 3 is 2.12 bits per heavy atom. The molecule has 3 amide bonds. The number of carbonyl (C=O) groups excluding carboxylic acids is 2. The van der Waals surface area contributed by atoms with Crippen molar-refractivity contribution in [3.8, 4) is 17.2 Å². The Hall–Kier alpha value is -3.42. The van der Waals surface area contributed by atoms with Gasteiger partial charge < -0.3 is 29.7 Å². The van der Waals surface area contributed by atoms with E-state index >= 15 is 0 Å². The fourth-order valence-corrected chi connectivity index (χ4v) is 3.71. The van der Waals surface area contributed by atoms with Crippen LogP contribution in [0.15, 0.2) is 36.4 Å². The van der Waals surface area contributed by atoms with Crippen LogP contribution in [-0.4, -0.2) is 50.8 Å². The average molecular weight is 442 g/mol. The lowest BCUT2D eigenvalue weighted by atomic mass is 9.99. The first-order valence-corrected chi connectivity index (χ1v) is 10.6. The molecule has 0 fully saturated rings. The second-order valence-electron chi connectivity index (χ2n) is 8.04. The van der Waals surface area contributed by atoms with Crippen LogP contribution >= 0.6 is 0 Å². The highest BCUT2D eigenvalue weighted by molar-refractivity contribution is 5.97. The minimum absolute atomic E-state index is 0.0846. The second-order valence-corrected chi connectivity index (χ2v) is 8.04. The first-order valence-electron chi connectivity index (χ1n) is 10.6. The molecule has 0 saturated heterocycles. The van der Waals surface area contributed by atoms with Crippen molar-refractivity contribution in [3.63, 3.8) is 0 Å². The van der Waals surface area contributed by atoms with E-state index in [4.69, 9.17) is 14.2 Å². The molecule has 0 saturated carbocycles. The molecule has 2 aromatic carbocycles. The van der Waals surface area contributed by atoms with Crippen molar-refractivity contribution in [1.82, 2.24) is 10.2 Å². The van der Waals surface area contributed by atoms with Crippen LogP contribution in [0.5, 0.6) is 17.2 Å². The summed E-state index contributed by atoms with van der Waals surface area (Å²) in [6.45, 7) is 4.80. The molecule has 0 bridgehead atoms. The Kier molecular flexibility index (Phi) is 7.45. The minimum atomic E-state index is -0.670. The summed E-state index contributed by atoms with van der Waals surface area (Å²) in [5, 5.41) is 5.77. The third-order valence-electron chi connectivity index (χ3n) is 5.59. The number of amides is 3. The monoisotopic (exact) mass is 441 g/mol. The number of anilines is 1. The van der Waals surface area contributed by atoms with Crippen molar-refractivity contribution in [3.05, 3.63) is 47.5 Å². The van der Waals surface area contributed by atoms with Crippen molar-refractivity contribution in [2.24, 2.45) is 5.92 Å². The molecular formula is C24H31N3O5. The molecule has 172 valence electrons. The number of hydrogen-bond donors (Lipinski definition) is 2. The van der Waals surface area contributed by atoms with Crippen LogP contribution in [0, 0.1) is 5.92 Å². The predicted octanol–water partition coefficient (Wildman–Crippen LogP) is 3.44. The van der Waals surface area contributed by atoms with Gasteiger partial charge in [-0.15, -0.1) is 0 Å². The molecule has 1 atom stereocenters. The van der Waals surface area contributed by atoms with E-state index in [-0.39, 0.29) is 17.9 Å². The number of carbonyl (C=O) groups is 2. The van der Waals surface area contributed by atoms with E-state index in [1.807, 2.05) is 26.0 Å². The number of ether oxygens (including phenoxy) is 3. The van der Waals surface area contributed by atoms with Crippen LogP contribution in [0.4, 0.5) is 10.5 Å². The number of nitrogens with zero attached hydrogens (tertiary/aromatic N) is 1. The molecule has 0 radical (unpaired) electrons. The Morgan fingerprint density at radius 1 is 0.938 bits per heavy atom. The molecule has 8 heteroatoms. The molecule has 3 rings (SSSR count). The Labute approximate surface area is 188 Å². The van der Waals surface area contributed by atoms with Gasteiger partial charge in [-0.25, -0.2) is 4.79 Å². The summed E-state index contributed by atoms with van der Waals surface area (Å²) in [6.07, 6.45) is 0.702. The number of methoxy groups -OCH3 is 3. The molecule has 0 aromatic heterocycles. The van der Waals surface area contributed by atoms with Crippen molar-refractivity contribution in [2.75, 3.05) is 33.2 Å². The quantitative estimate of drug-likeness (QED) is 0.687. The molecule has 0 spiro atoms. The fraction of sp³-hybridized carbons (Fsp3) is 0.417. The summed E-state index contributed by atoms with van der Waals surface area (Å²) in [7, 11) is 4.78. The molecule has 1 aliphatic heterocycles. The number of benzene rings is 2. The predicted molar refractivity (Wildman–Crippen MR) is 122 cm³/mol. The third kappa shape index (κ3) is 5.25. The zero-order valence-corrected chi connectivity index (χ0v) is 19.2. The van der Waals surface area contributed by atoms with Crippen molar-refractivity contribution >= 4 is 17.6 Å². The van der Waals surface area contributed by atoms with Crippen LogP contribution in [0.2, 0.25) is 0 Å². The topological polar surface area (TPSA) is 89.1 Å².